The number of hydrogen-bond acceptors (Lipinski definition) is 4. The molecule has 0 aliphatic carbocycles. The average Bonchev–Trinajstić information content (AvgIpc) is 3.19. The molecule has 10 heteroatoms. The molecule has 31 heavy (non-hydrogen) atoms. The van der Waals surface area contributed by atoms with Crippen LogP contribution in [-0.4, -0.2) is 23.2 Å². The topological polar surface area (TPSA) is 76.2 Å². The van der Waals surface area contributed by atoms with E-state index >= 15 is 0 Å². The fourth-order valence-corrected chi connectivity index (χ4v) is 3.59. The number of fused-ring (bicyclic) bond motifs is 1. The van der Waals surface area contributed by atoms with E-state index in [9.17, 15) is 22.4 Å². The largest absolute Gasteiger partial charge is 0.493 e. The van der Waals surface area contributed by atoms with Gasteiger partial charge in [0.15, 0.2) is 23.1 Å². The molecule has 1 aliphatic rings. The van der Waals surface area contributed by atoms with Crippen molar-refractivity contribution in [3.8, 4) is 11.5 Å². The zero-order chi connectivity index (χ0) is 22.2. The second-order valence-corrected chi connectivity index (χ2v) is 6.97. The third-order valence-corrected chi connectivity index (χ3v) is 5.04. The normalized spacial score (nSPS) is 15.9. The molecular weight excluding hydrogens is 418 g/mol. The van der Waals surface area contributed by atoms with E-state index in [-0.39, 0.29) is 29.4 Å². The van der Waals surface area contributed by atoms with Crippen LogP contribution in [0.5, 0.6) is 11.5 Å². The molecule has 4 rings (SSSR count). The van der Waals surface area contributed by atoms with E-state index in [4.69, 9.17) is 9.47 Å². The van der Waals surface area contributed by atoms with Crippen LogP contribution in [0.1, 0.15) is 34.6 Å². The van der Waals surface area contributed by atoms with Crippen molar-refractivity contribution >= 4 is 11.7 Å². The second-order valence-electron chi connectivity index (χ2n) is 6.97. The Labute approximate surface area is 174 Å². The number of ether oxygens (including phenoxy) is 2. The summed E-state index contributed by atoms with van der Waals surface area (Å²) in [7, 11) is 1.30. The molecule has 0 spiro atoms. The smallest absolute Gasteiger partial charge is 0.416 e. The van der Waals surface area contributed by atoms with Crippen LogP contribution in [0.15, 0.2) is 42.6 Å². The highest BCUT2D eigenvalue weighted by atomic mass is 19.4. The van der Waals surface area contributed by atoms with Crippen molar-refractivity contribution in [2.75, 3.05) is 12.4 Å². The zero-order valence-electron chi connectivity index (χ0n) is 16.2. The molecule has 2 aromatic carbocycles. The Balaban J connectivity index is 1.64. The number of benzene rings is 2. The lowest BCUT2D eigenvalue weighted by molar-refractivity contribution is -0.138. The Morgan fingerprint density at radius 2 is 2.00 bits per heavy atom. The molecule has 0 radical (unpaired) electrons. The lowest BCUT2D eigenvalue weighted by Crippen LogP contribution is -2.23. The number of aromatic amines is 1. The highest BCUT2D eigenvalue weighted by Gasteiger charge is 2.33. The lowest BCUT2D eigenvalue weighted by Gasteiger charge is -2.23. The molecule has 6 nitrogen and oxygen atoms in total. The van der Waals surface area contributed by atoms with Gasteiger partial charge >= 0.3 is 6.18 Å². The van der Waals surface area contributed by atoms with Crippen LogP contribution in [0.2, 0.25) is 0 Å². The third-order valence-electron chi connectivity index (χ3n) is 5.04. The van der Waals surface area contributed by atoms with Gasteiger partial charge in [0, 0.05) is 29.7 Å². The molecule has 1 unspecified atom stereocenters. The van der Waals surface area contributed by atoms with Crippen LogP contribution in [0, 0.1) is 5.82 Å². The number of nitrogens with one attached hydrogen (secondary N) is 2. The molecular formula is C21H17F4N3O3. The minimum Gasteiger partial charge on any atom is -0.493 e. The number of carbonyl (C=O) groups is 1. The van der Waals surface area contributed by atoms with Gasteiger partial charge in [0.05, 0.1) is 12.7 Å². The minimum atomic E-state index is -4.56. The van der Waals surface area contributed by atoms with Crippen LogP contribution in [0.3, 0.4) is 0 Å². The number of rotatable bonds is 5. The Kier molecular flexibility index (Phi) is 5.30. The summed E-state index contributed by atoms with van der Waals surface area (Å²) in [5, 5.41) is 9.25. The average molecular weight is 435 g/mol. The summed E-state index contributed by atoms with van der Waals surface area (Å²) in [6, 6.07) is 7.62. The lowest BCUT2D eigenvalue weighted by atomic mass is 9.87. The number of carbonyl (C=O) groups excluding carboxylic acids is 1. The maximum absolute atomic E-state index is 14.9. The molecule has 0 bridgehead atoms. The summed E-state index contributed by atoms with van der Waals surface area (Å²) >= 11 is 0. The predicted octanol–water partition coefficient (Wildman–Crippen LogP) is 4.63. The Morgan fingerprint density at radius 1 is 1.23 bits per heavy atom. The van der Waals surface area contributed by atoms with Crippen molar-refractivity contribution < 1.29 is 31.8 Å². The van der Waals surface area contributed by atoms with E-state index < -0.39 is 30.1 Å². The number of anilines is 1. The molecule has 162 valence electrons. The van der Waals surface area contributed by atoms with Gasteiger partial charge in [-0.1, -0.05) is 18.2 Å². The molecule has 0 fully saturated rings. The Hall–Kier alpha value is -3.56. The molecule has 0 saturated carbocycles. The Bertz CT molecular complexity index is 1130. The highest BCUT2D eigenvalue weighted by molar-refractivity contribution is 5.94. The summed E-state index contributed by atoms with van der Waals surface area (Å²) < 4.78 is 65.1. The quantitative estimate of drug-likeness (QED) is 0.573. The fourth-order valence-electron chi connectivity index (χ4n) is 3.59. The summed E-state index contributed by atoms with van der Waals surface area (Å²) in [6.07, 6.45) is -2.87. The third kappa shape index (κ3) is 4.05. The van der Waals surface area contributed by atoms with E-state index in [1.807, 2.05) is 0 Å². The fraction of sp³-hybridized carbons (Fsp3) is 0.238. The van der Waals surface area contributed by atoms with Gasteiger partial charge in [-0.05, 0) is 23.8 Å². The first kappa shape index (κ1) is 20.7. The first-order valence-electron chi connectivity index (χ1n) is 9.26. The number of amides is 1. The highest BCUT2D eigenvalue weighted by Crippen LogP contribution is 2.41. The number of alkyl halides is 3. The number of nitrogens with zero attached hydrogens (tertiary/aromatic N) is 1. The molecule has 2 heterocycles. The van der Waals surface area contributed by atoms with Crippen molar-refractivity contribution in [2.24, 2.45) is 0 Å². The first-order chi connectivity index (χ1) is 14.8. The molecule has 1 atom stereocenters. The van der Waals surface area contributed by atoms with Crippen molar-refractivity contribution in [1.82, 2.24) is 10.2 Å². The van der Waals surface area contributed by atoms with E-state index in [0.29, 0.717) is 16.9 Å². The second kappa shape index (κ2) is 7.93. The van der Waals surface area contributed by atoms with Crippen LogP contribution in [-0.2, 0) is 17.6 Å². The summed E-state index contributed by atoms with van der Waals surface area (Å²) in [6.45, 7) is -0.500. The monoisotopic (exact) mass is 435 g/mol. The molecule has 3 aromatic rings. The van der Waals surface area contributed by atoms with Gasteiger partial charge in [-0.15, -0.1) is 0 Å². The van der Waals surface area contributed by atoms with Gasteiger partial charge in [-0.3, -0.25) is 9.89 Å². The first-order valence-corrected chi connectivity index (χ1v) is 9.26. The van der Waals surface area contributed by atoms with Gasteiger partial charge in [0.2, 0.25) is 5.91 Å². The minimum absolute atomic E-state index is 0.00974. The molecule has 0 saturated heterocycles. The van der Waals surface area contributed by atoms with Gasteiger partial charge in [0.1, 0.15) is 6.61 Å². The standard InChI is InChI=1S/C21H17F4N3O3/c1-30-17-7-12(13-8-18(29)27-20-14(13)9-26-28-20)6-16(22)19(17)31-10-11-4-2-3-5-15(11)21(23,24)25/h2-7,9,13H,8,10H2,1H3,(H2,26,27,28,29). The van der Waals surface area contributed by atoms with Crippen LogP contribution < -0.4 is 14.8 Å². The van der Waals surface area contributed by atoms with Gasteiger partial charge in [0.25, 0.3) is 0 Å². The van der Waals surface area contributed by atoms with Gasteiger partial charge in [-0.25, -0.2) is 4.39 Å². The number of halogens is 4. The van der Waals surface area contributed by atoms with E-state index in [1.54, 1.807) is 6.20 Å². The maximum atomic E-state index is 14.9. The van der Waals surface area contributed by atoms with Crippen molar-refractivity contribution in [3.63, 3.8) is 0 Å². The van der Waals surface area contributed by atoms with E-state index in [0.717, 1.165) is 6.07 Å². The SMILES string of the molecule is COc1cc(C2CC(=O)Nc3n[nH]cc32)cc(F)c1OCc1ccccc1C(F)(F)F. The van der Waals surface area contributed by atoms with Crippen LogP contribution in [0.4, 0.5) is 23.4 Å². The van der Waals surface area contributed by atoms with Gasteiger partial charge < -0.3 is 14.8 Å². The van der Waals surface area contributed by atoms with Crippen LogP contribution >= 0.6 is 0 Å². The summed E-state index contributed by atoms with van der Waals surface area (Å²) in [5.41, 5.74) is 0.155. The molecule has 2 N–H and O–H groups in total. The number of H-pyrrole nitrogens is 1. The Morgan fingerprint density at radius 3 is 2.74 bits per heavy atom. The van der Waals surface area contributed by atoms with Gasteiger partial charge in [-0.2, -0.15) is 18.3 Å². The van der Waals surface area contributed by atoms with Crippen LogP contribution in [0.25, 0.3) is 0 Å². The predicted molar refractivity (Wildman–Crippen MR) is 102 cm³/mol. The number of hydrogen-bond donors (Lipinski definition) is 2. The van der Waals surface area contributed by atoms with Crippen molar-refractivity contribution in [1.29, 1.82) is 0 Å². The van der Waals surface area contributed by atoms with E-state index in [2.05, 4.69) is 15.5 Å². The maximum Gasteiger partial charge on any atom is 0.416 e. The summed E-state index contributed by atoms with van der Waals surface area (Å²) in [5.74, 6) is -1.48. The van der Waals surface area contributed by atoms with Crippen molar-refractivity contribution in [3.05, 3.63) is 70.7 Å². The zero-order valence-corrected chi connectivity index (χ0v) is 16.2. The molecule has 1 aromatic heterocycles. The van der Waals surface area contributed by atoms with Crippen molar-refractivity contribution in [2.45, 2.75) is 25.1 Å². The number of methoxy groups -OCH3 is 1. The molecule has 1 amide bonds. The number of aromatic nitrogens is 2. The van der Waals surface area contributed by atoms with E-state index in [1.165, 1.54) is 37.4 Å². The molecule has 1 aliphatic heterocycles. The summed E-state index contributed by atoms with van der Waals surface area (Å²) in [4.78, 5) is 12.0.